The average Bonchev–Trinajstić information content (AvgIpc) is 3.78. The van der Waals surface area contributed by atoms with Crippen molar-refractivity contribution < 1.29 is 23.2 Å². The van der Waals surface area contributed by atoms with Crippen LogP contribution in [0.4, 0.5) is 0 Å². The molecule has 5 aromatic carbocycles. The summed E-state index contributed by atoms with van der Waals surface area (Å²) in [6, 6.07) is 48.0. The van der Waals surface area contributed by atoms with Gasteiger partial charge in [-0.15, -0.1) is 0 Å². The van der Waals surface area contributed by atoms with Gasteiger partial charge < -0.3 is 0 Å². The standard InChI is InChI=1S/C21H14N.C14H14.C5H5.Zr/c1-2-8-16-14-17(13-15(16)7-1)22-20-11-5-3-9-18(20)19-10-4-6-12-21(19)22;1-3-7-13(8-4-1)11-12-14-9-5-2-6-10-14;1-2-4-5-3-1;/h1-14H;1-10H,11-12H2;1-3H,4H2;. The number of para-hydroxylation sites is 2. The van der Waals surface area contributed by atoms with Gasteiger partial charge in [0, 0.05) is 0 Å². The molecule has 1 unspecified atom stereocenters. The van der Waals surface area contributed by atoms with Gasteiger partial charge in [0.15, 0.2) is 0 Å². The Balaban J connectivity index is 0.000000174. The van der Waals surface area contributed by atoms with E-state index in [1.807, 2.05) is 0 Å². The Labute approximate surface area is 260 Å². The van der Waals surface area contributed by atoms with Crippen molar-refractivity contribution >= 4 is 33.6 Å². The van der Waals surface area contributed by atoms with E-state index < -0.39 is 23.2 Å². The van der Waals surface area contributed by atoms with Gasteiger partial charge in [0.25, 0.3) is 0 Å². The number of hydrogen-bond acceptors (Lipinski definition) is 0. The van der Waals surface area contributed by atoms with Crippen LogP contribution in [0.25, 0.3) is 33.6 Å². The first-order chi connectivity index (χ1) is 20.8. The quantitative estimate of drug-likeness (QED) is 0.175. The predicted molar refractivity (Wildman–Crippen MR) is 175 cm³/mol. The number of allylic oxidation sites excluding steroid dienone is 5. The van der Waals surface area contributed by atoms with Crippen molar-refractivity contribution in [1.29, 1.82) is 0 Å². The maximum Gasteiger partial charge on any atom is -0.0238 e. The first-order valence-electron chi connectivity index (χ1n) is 14.8. The zero-order valence-corrected chi connectivity index (χ0v) is 26.1. The molecule has 0 amide bonds. The van der Waals surface area contributed by atoms with Gasteiger partial charge in [-0.05, 0) is 24.0 Å². The Morgan fingerprint density at radius 2 is 1.14 bits per heavy atom. The van der Waals surface area contributed by atoms with Gasteiger partial charge in [-0.2, -0.15) is 0 Å². The minimum absolute atomic E-state index is 0.560. The molecule has 0 bridgehead atoms. The zero-order valence-electron chi connectivity index (χ0n) is 23.7. The van der Waals surface area contributed by atoms with E-state index in [9.17, 15) is 0 Å². The maximum atomic E-state index is 2.54. The van der Waals surface area contributed by atoms with Crippen LogP contribution in [0.1, 0.15) is 32.3 Å². The Hall–Kier alpha value is -4.00. The van der Waals surface area contributed by atoms with Crippen LogP contribution >= 0.6 is 0 Å². The number of aryl methyl sites for hydroxylation is 2. The summed E-state index contributed by atoms with van der Waals surface area (Å²) in [5, 5.41) is 2.70. The van der Waals surface area contributed by atoms with Gasteiger partial charge in [-0.25, -0.2) is 0 Å². The second-order valence-corrected chi connectivity index (χ2v) is 14.6. The zero-order chi connectivity index (χ0) is 28.1. The van der Waals surface area contributed by atoms with Crippen molar-refractivity contribution in [3.05, 3.63) is 177 Å². The van der Waals surface area contributed by atoms with E-state index in [1.54, 1.807) is 3.28 Å². The van der Waals surface area contributed by atoms with E-state index in [0.717, 1.165) is 19.3 Å². The fourth-order valence-electron chi connectivity index (χ4n) is 6.17. The smallest absolute Gasteiger partial charge is 0.0238 e. The Bertz CT molecular complexity index is 1830. The summed E-state index contributed by atoms with van der Waals surface area (Å²) in [4.78, 5) is 0. The minimum atomic E-state index is -0.777. The van der Waals surface area contributed by atoms with Crippen LogP contribution < -0.4 is 0 Å². The molecule has 1 nitrogen and oxygen atoms in total. The summed E-state index contributed by atoms with van der Waals surface area (Å²) >= 11 is -0.777. The van der Waals surface area contributed by atoms with E-state index >= 15 is 0 Å². The van der Waals surface area contributed by atoms with Crippen molar-refractivity contribution in [2.45, 2.75) is 22.9 Å². The summed E-state index contributed by atoms with van der Waals surface area (Å²) in [6.45, 7) is 0. The Morgan fingerprint density at radius 1 is 0.595 bits per heavy atom. The molecule has 2 aliphatic rings. The van der Waals surface area contributed by atoms with Crippen LogP contribution in [-0.4, -0.2) is 4.57 Å². The fraction of sp³-hybridized carbons (Fsp3) is 0.100. The molecule has 42 heavy (non-hydrogen) atoms. The Morgan fingerprint density at radius 3 is 1.74 bits per heavy atom. The largest absolute Gasteiger partial charge is 0.0622 e. The molecule has 0 aliphatic heterocycles. The summed E-state index contributed by atoms with van der Waals surface area (Å²) in [5.41, 5.74) is 9.87. The van der Waals surface area contributed by atoms with E-state index in [4.69, 9.17) is 0 Å². The number of aromatic nitrogens is 1. The first kappa shape index (κ1) is 26.9. The molecule has 0 saturated carbocycles. The molecular weight excluding hydrogens is 586 g/mol. The summed E-state index contributed by atoms with van der Waals surface area (Å²) in [7, 11) is 0. The van der Waals surface area contributed by atoms with E-state index in [0.29, 0.717) is 3.63 Å². The molecule has 0 saturated heterocycles. The molecule has 2 aliphatic carbocycles. The predicted octanol–water partition coefficient (Wildman–Crippen LogP) is 10.2. The summed E-state index contributed by atoms with van der Waals surface area (Å²) in [6.07, 6.45) is 12.8. The van der Waals surface area contributed by atoms with E-state index in [-0.39, 0.29) is 0 Å². The molecule has 0 spiro atoms. The van der Waals surface area contributed by atoms with Crippen LogP contribution in [0.15, 0.2) is 155 Å². The molecule has 2 heteroatoms. The number of fused-ring (bicyclic) bond motifs is 4. The van der Waals surface area contributed by atoms with Gasteiger partial charge in [0.2, 0.25) is 0 Å². The van der Waals surface area contributed by atoms with E-state index in [1.165, 1.54) is 49.8 Å². The van der Waals surface area contributed by atoms with Gasteiger partial charge >= 0.3 is 177 Å². The van der Waals surface area contributed by atoms with Crippen molar-refractivity contribution in [2.24, 2.45) is 0 Å². The van der Waals surface area contributed by atoms with Crippen molar-refractivity contribution in [3.8, 4) is 0 Å². The summed E-state index contributed by atoms with van der Waals surface area (Å²) in [5.74, 6) is 0. The summed E-state index contributed by atoms with van der Waals surface area (Å²) < 4.78 is 4.79. The van der Waals surface area contributed by atoms with Gasteiger partial charge in [-0.1, -0.05) is 60.7 Å². The molecule has 0 fully saturated rings. The second-order valence-electron chi connectivity index (χ2n) is 10.9. The maximum absolute atomic E-state index is 2.54. The molecule has 0 N–H and O–H groups in total. The molecule has 8 rings (SSSR count). The monoisotopic (exact) mass is 617 g/mol. The second kappa shape index (κ2) is 12.5. The topological polar surface area (TPSA) is 4.93 Å². The molecular formula is C40H33NZr. The Kier molecular flexibility index (Phi) is 7.98. The minimum Gasteiger partial charge on any atom is -0.0622 e. The normalized spacial score (nSPS) is 15.2. The van der Waals surface area contributed by atoms with Gasteiger partial charge in [-0.3, -0.25) is 0 Å². The van der Waals surface area contributed by atoms with Crippen molar-refractivity contribution in [2.75, 3.05) is 0 Å². The van der Waals surface area contributed by atoms with Crippen LogP contribution in [0.3, 0.4) is 0 Å². The van der Waals surface area contributed by atoms with Crippen molar-refractivity contribution in [3.63, 3.8) is 0 Å². The molecule has 1 atom stereocenters. The third-order valence-corrected chi connectivity index (χ3v) is 12.3. The molecule has 202 valence electrons. The number of hydrogen-bond donors (Lipinski definition) is 0. The average molecular weight is 619 g/mol. The van der Waals surface area contributed by atoms with E-state index in [2.05, 4.69) is 162 Å². The van der Waals surface area contributed by atoms with Gasteiger partial charge in [0.1, 0.15) is 0 Å². The molecule has 0 radical (unpaired) electrons. The van der Waals surface area contributed by atoms with Gasteiger partial charge in [0.05, 0.1) is 0 Å². The fourth-order valence-corrected chi connectivity index (χ4v) is 10.0. The van der Waals surface area contributed by atoms with Crippen molar-refractivity contribution in [1.82, 2.24) is 4.57 Å². The van der Waals surface area contributed by atoms with Crippen LogP contribution in [-0.2, 0) is 36.1 Å². The molecule has 6 aromatic rings. The molecule has 1 heterocycles. The van der Waals surface area contributed by atoms with Crippen LogP contribution in [0.2, 0.25) is 0 Å². The van der Waals surface area contributed by atoms with Crippen LogP contribution in [0.5, 0.6) is 0 Å². The third-order valence-electron chi connectivity index (χ3n) is 8.23. The molecule has 1 aromatic heterocycles. The number of benzene rings is 5. The van der Waals surface area contributed by atoms with Crippen LogP contribution in [0, 0.1) is 0 Å². The third kappa shape index (κ3) is 5.57. The SMILES string of the molecule is C1=CC[C]([Zr][CH]2C(n3c4ccccc4c4ccccc43)=Cc3ccccc32)=C1.c1ccc(CCc2ccccc2)cc1. The first-order valence-corrected chi connectivity index (χ1v) is 17.5. The number of rotatable bonds is 6. The number of nitrogens with zero attached hydrogens (tertiary/aromatic N) is 1.